The van der Waals surface area contributed by atoms with E-state index in [4.69, 9.17) is 5.73 Å². The third-order valence-corrected chi connectivity index (χ3v) is 10.0. The summed E-state index contributed by atoms with van der Waals surface area (Å²) < 4.78 is 0. The van der Waals surface area contributed by atoms with Crippen molar-refractivity contribution in [3.63, 3.8) is 0 Å². The summed E-state index contributed by atoms with van der Waals surface area (Å²) in [5.41, 5.74) is 6.46. The quantitative estimate of drug-likeness (QED) is 0.199. The monoisotopic (exact) mass is 646 g/mol. The number of hydrogen-bond donors (Lipinski definition) is 4. The minimum Gasteiger partial charge on any atom is -0.399 e. The molecule has 3 fully saturated rings. The lowest BCUT2D eigenvalue weighted by molar-refractivity contribution is -0.142. The number of urea groups is 1. The first kappa shape index (κ1) is 41.2. The Morgan fingerprint density at radius 1 is 0.978 bits per heavy atom. The molecule has 4 unspecified atom stereocenters. The smallest absolute Gasteiger partial charge is 0.315 e. The first-order chi connectivity index (χ1) is 21.2. The number of likely N-dealkylation sites (tertiary alicyclic amines) is 1. The molecule has 9 nitrogen and oxygen atoms in total. The molecule has 46 heavy (non-hydrogen) atoms. The van der Waals surface area contributed by atoms with E-state index in [0.717, 1.165) is 11.5 Å². The van der Waals surface area contributed by atoms with Crippen LogP contribution in [0.5, 0.6) is 0 Å². The number of ketones is 1. The van der Waals surface area contributed by atoms with Crippen molar-refractivity contribution in [2.45, 2.75) is 133 Å². The number of rotatable bonds is 11. The number of carbonyl (C=O) groups is 4. The van der Waals surface area contributed by atoms with E-state index in [1.165, 1.54) is 25.7 Å². The third kappa shape index (κ3) is 11.4. The summed E-state index contributed by atoms with van der Waals surface area (Å²) in [4.78, 5) is 52.2. The molecule has 2 aliphatic carbocycles. The van der Waals surface area contributed by atoms with Crippen LogP contribution in [0.4, 0.5) is 4.79 Å². The first-order valence-electron chi connectivity index (χ1n) is 17.4. The Hall–Kier alpha value is -2.84. The molecule has 0 aromatic carbocycles. The van der Waals surface area contributed by atoms with Gasteiger partial charge in [0.2, 0.25) is 11.8 Å². The molecule has 0 aromatic heterocycles. The Labute approximate surface area is 280 Å². The lowest BCUT2D eigenvalue weighted by Gasteiger charge is -2.37. The zero-order valence-electron chi connectivity index (χ0n) is 31.1. The maximum absolute atomic E-state index is 13.5. The number of piperidine rings is 1. The van der Waals surface area contributed by atoms with Crippen molar-refractivity contribution in [2.75, 3.05) is 13.6 Å². The van der Waals surface area contributed by atoms with E-state index in [0.29, 0.717) is 42.8 Å². The van der Waals surface area contributed by atoms with Crippen molar-refractivity contribution in [1.82, 2.24) is 20.9 Å². The maximum atomic E-state index is 13.5. The van der Waals surface area contributed by atoms with E-state index in [2.05, 4.69) is 43.0 Å². The van der Waals surface area contributed by atoms with Crippen LogP contribution in [0, 0.1) is 40.4 Å². The van der Waals surface area contributed by atoms with Crippen molar-refractivity contribution in [1.29, 1.82) is 0 Å². The Morgan fingerprint density at radius 2 is 1.54 bits per heavy atom. The Bertz CT molecular complexity index is 1080. The molecular formula is C37H67N5O4. The van der Waals surface area contributed by atoms with Gasteiger partial charge in [-0.2, -0.15) is 0 Å². The van der Waals surface area contributed by atoms with Gasteiger partial charge in [-0.15, -0.1) is 0 Å². The zero-order valence-corrected chi connectivity index (χ0v) is 31.1. The number of nitrogens with one attached hydrogen (secondary N) is 3. The number of hydrogen-bond acceptors (Lipinski definition) is 5. The molecular weight excluding hydrogens is 578 g/mol. The van der Waals surface area contributed by atoms with Crippen molar-refractivity contribution in [3.05, 3.63) is 24.4 Å². The summed E-state index contributed by atoms with van der Waals surface area (Å²) in [5, 5.41) is 8.46. The topological polar surface area (TPSA) is 134 Å². The molecule has 3 rings (SSSR count). The average molecular weight is 646 g/mol. The predicted molar refractivity (Wildman–Crippen MR) is 189 cm³/mol. The summed E-state index contributed by atoms with van der Waals surface area (Å²) >= 11 is 0. The summed E-state index contributed by atoms with van der Waals surface area (Å²) in [6.45, 7) is 29.8. The number of nitrogens with zero attached hydrogens (tertiary/aromatic N) is 1. The van der Waals surface area contributed by atoms with Gasteiger partial charge in [0.05, 0.1) is 6.04 Å². The fourth-order valence-electron chi connectivity index (χ4n) is 6.61. The number of Topliss-reactive ketones (excluding diaryl/α,β-unsaturated/α-hetero) is 1. The van der Waals surface area contributed by atoms with Crippen LogP contribution in [0.1, 0.15) is 115 Å². The second kappa shape index (κ2) is 17.4. The minimum absolute atomic E-state index is 0.00862. The Kier molecular flexibility index (Phi) is 15.5. The van der Waals surface area contributed by atoms with Crippen molar-refractivity contribution >= 4 is 23.6 Å². The van der Waals surface area contributed by atoms with E-state index in [-0.39, 0.29) is 35.0 Å². The van der Waals surface area contributed by atoms with Crippen LogP contribution >= 0.6 is 0 Å². The van der Waals surface area contributed by atoms with Gasteiger partial charge in [0, 0.05) is 31.8 Å². The number of nitrogens with two attached hydrogens (primary N) is 1. The van der Waals surface area contributed by atoms with Gasteiger partial charge in [-0.1, -0.05) is 102 Å². The highest BCUT2D eigenvalue weighted by Gasteiger charge is 2.62. The molecule has 0 aromatic rings. The molecule has 5 N–H and O–H groups in total. The van der Waals surface area contributed by atoms with Crippen LogP contribution in [0.2, 0.25) is 0 Å². The molecule has 2 saturated carbocycles. The van der Waals surface area contributed by atoms with E-state index >= 15 is 0 Å². The van der Waals surface area contributed by atoms with Crippen molar-refractivity contribution in [2.24, 2.45) is 46.2 Å². The maximum Gasteiger partial charge on any atom is 0.315 e. The number of carbonyl (C=O) groups excluding carboxylic acids is 4. The van der Waals surface area contributed by atoms with Crippen LogP contribution in [0.3, 0.4) is 0 Å². The summed E-state index contributed by atoms with van der Waals surface area (Å²) in [6, 6.07) is -1.85. The van der Waals surface area contributed by atoms with Gasteiger partial charge in [-0.3, -0.25) is 14.4 Å². The summed E-state index contributed by atoms with van der Waals surface area (Å²) in [5.74, 6) is 2.24. The molecule has 1 aliphatic heterocycles. The molecule has 264 valence electrons. The zero-order chi connectivity index (χ0) is 35.7. The number of fused-ring (bicyclic) bond motifs is 1. The van der Waals surface area contributed by atoms with Gasteiger partial charge in [0.25, 0.3) is 0 Å². The van der Waals surface area contributed by atoms with Crippen LogP contribution in [-0.4, -0.2) is 60.2 Å². The lowest BCUT2D eigenvalue weighted by atomic mass is 9.77. The van der Waals surface area contributed by atoms with Crippen molar-refractivity contribution in [3.8, 4) is 0 Å². The molecule has 1 heterocycles. The number of amides is 4. The molecule has 0 spiro atoms. The van der Waals surface area contributed by atoms with Gasteiger partial charge in [-0.05, 0) is 65.8 Å². The number of allylic oxidation sites excluding steroid dienone is 1. The molecule has 4 amide bonds. The fourth-order valence-corrected chi connectivity index (χ4v) is 6.61. The van der Waals surface area contributed by atoms with Crippen LogP contribution < -0.4 is 21.7 Å². The van der Waals surface area contributed by atoms with Crippen LogP contribution in [-0.2, 0) is 14.4 Å². The first-order valence-corrected chi connectivity index (χ1v) is 17.4. The molecule has 1 saturated heterocycles. The van der Waals surface area contributed by atoms with Crippen molar-refractivity contribution < 1.29 is 19.2 Å². The normalized spacial score (nSPS) is 23.8. The molecule has 3 aliphatic rings. The largest absolute Gasteiger partial charge is 0.399 e. The highest BCUT2D eigenvalue weighted by molar-refractivity contribution is 5.93. The fraction of sp³-hybridized carbons (Fsp3) is 0.784. The van der Waals surface area contributed by atoms with E-state index in [9.17, 15) is 19.2 Å². The van der Waals surface area contributed by atoms with Gasteiger partial charge >= 0.3 is 6.03 Å². The molecule has 9 heteroatoms. The SMILES string of the molecule is C=C(N)C(=C)C(C)CC1CCC1.CC.CNC(=O)CC[C@@H](NC(=O)NC(C(=O)N1C[C@@H]2C(C)[C@@H]2C1C(C)=O)C(C)(C)C)C(C)(C)C. The highest BCUT2D eigenvalue weighted by atomic mass is 16.2. The highest BCUT2D eigenvalue weighted by Crippen LogP contribution is 2.55. The molecule has 0 radical (unpaired) electrons. The van der Waals surface area contributed by atoms with E-state index in [1.54, 1.807) is 18.9 Å². The lowest BCUT2D eigenvalue weighted by Crippen LogP contribution is -2.60. The third-order valence-electron chi connectivity index (χ3n) is 10.0. The van der Waals surface area contributed by atoms with Gasteiger partial charge in [-0.25, -0.2) is 4.79 Å². The van der Waals surface area contributed by atoms with E-state index < -0.39 is 23.5 Å². The molecule has 7 atom stereocenters. The Morgan fingerprint density at radius 3 is 1.96 bits per heavy atom. The summed E-state index contributed by atoms with van der Waals surface area (Å²) in [7, 11) is 1.59. The van der Waals surface area contributed by atoms with Gasteiger partial charge < -0.3 is 26.6 Å². The Balaban J connectivity index is 0.000000629. The van der Waals surface area contributed by atoms with Crippen LogP contribution in [0.25, 0.3) is 0 Å². The minimum atomic E-state index is -0.767. The molecule has 0 bridgehead atoms. The van der Waals surface area contributed by atoms with E-state index in [1.807, 2.05) is 55.4 Å². The second-order valence-electron chi connectivity index (χ2n) is 15.7. The summed E-state index contributed by atoms with van der Waals surface area (Å²) in [6.07, 6.45) is 6.24. The van der Waals surface area contributed by atoms with Gasteiger partial charge in [0.1, 0.15) is 6.04 Å². The van der Waals surface area contributed by atoms with Crippen LogP contribution in [0.15, 0.2) is 24.4 Å². The van der Waals surface area contributed by atoms with Gasteiger partial charge in [0.15, 0.2) is 5.78 Å². The predicted octanol–water partition coefficient (Wildman–Crippen LogP) is 6.19. The average Bonchev–Trinajstić information content (AvgIpc) is 3.36. The second-order valence-corrected chi connectivity index (χ2v) is 15.7. The standard InChI is InChI=1S/C24H42N4O4.C11H19N.C2H6/c1-13-15-12-28(19(14(2)29)18(13)15)21(31)20(24(6,7)8)27-22(32)26-16(23(3,4)5)10-11-17(30)25-9;1-8(9(2)10(3)12)7-11-5-4-6-11;1-2/h13,15-16,18-20H,10-12H2,1-9H3,(H,25,30)(H2,26,27,32);8,11H,2-7,12H2,1H3;1-2H3/t13?,15-,16-,18+,19?,20?;;/m1../s1.